The van der Waals surface area contributed by atoms with E-state index in [1.807, 2.05) is 6.92 Å². The molecule has 7 heteroatoms. The molecule has 0 aliphatic heterocycles. The number of benzene rings is 2. The van der Waals surface area contributed by atoms with Gasteiger partial charge in [-0.15, -0.1) is 0 Å². The van der Waals surface area contributed by atoms with Crippen molar-refractivity contribution in [2.45, 2.75) is 13.8 Å². The van der Waals surface area contributed by atoms with Gasteiger partial charge in [-0.2, -0.15) is 5.26 Å². The predicted molar refractivity (Wildman–Crippen MR) is 107 cm³/mol. The molecule has 0 fully saturated rings. The van der Waals surface area contributed by atoms with Crippen LogP contribution in [-0.2, 0) is 0 Å². The van der Waals surface area contributed by atoms with Crippen LogP contribution in [0.15, 0.2) is 54.6 Å². The SMILES string of the molecule is CCOc1ccc(NC(=O)c2cc(C)nc(Nc3cccc(C#N)c3)n2)cc1. The van der Waals surface area contributed by atoms with Crippen LogP contribution in [0.25, 0.3) is 0 Å². The Morgan fingerprint density at radius 1 is 1.11 bits per heavy atom. The van der Waals surface area contributed by atoms with E-state index in [4.69, 9.17) is 10.00 Å². The molecule has 1 aromatic heterocycles. The van der Waals surface area contributed by atoms with Crippen molar-refractivity contribution >= 4 is 23.2 Å². The minimum atomic E-state index is -0.344. The number of aromatic nitrogens is 2. The van der Waals surface area contributed by atoms with E-state index in [0.717, 1.165) is 5.75 Å². The molecular formula is C21H19N5O2. The van der Waals surface area contributed by atoms with Gasteiger partial charge < -0.3 is 15.4 Å². The van der Waals surface area contributed by atoms with E-state index >= 15 is 0 Å². The number of carbonyl (C=O) groups is 1. The van der Waals surface area contributed by atoms with Gasteiger partial charge in [-0.3, -0.25) is 4.79 Å². The van der Waals surface area contributed by atoms with Crippen LogP contribution in [0.5, 0.6) is 5.75 Å². The minimum absolute atomic E-state index is 0.236. The molecule has 0 radical (unpaired) electrons. The zero-order valence-corrected chi connectivity index (χ0v) is 15.6. The monoisotopic (exact) mass is 373 g/mol. The first kappa shape index (κ1) is 18.9. The quantitative estimate of drug-likeness (QED) is 0.676. The molecule has 0 spiro atoms. The maximum Gasteiger partial charge on any atom is 0.274 e. The molecular weight excluding hydrogens is 354 g/mol. The van der Waals surface area contributed by atoms with Gasteiger partial charge in [0.2, 0.25) is 5.95 Å². The molecule has 0 saturated heterocycles. The highest BCUT2D eigenvalue weighted by atomic mass is 16.5. The second-order valence-electron chi connectivity index (χ2n) is 5.95. The Balaban J connectivity index is 1.76. The van der Waals surface area contributed by atoms with Crippen LogP contribution in [0.3, 0.4) is 0 Å². The molecule has 0 aliphatic carbocycles. The lowest BCUT2D eigenvalue weighted by Crippen LogP contribution is -2.15. The lowest BCUT2D eigenvalue weighted by Gasteiger charge is -2.10. The second-order valence-corrected chi connectivity index (χ2v) is 5.95. The number of nitrogens with zero attached hydrogens (tertiary/aromatic N) is 3. The van der Waals surface area contributed by atoms with Crippen molar-refractivity contribution in [3.05, 3.63) is 71.5 Å². The van der Waals surface area contributed by atoms with Gasteiger partial charge >= 0.3 is 0 Å². The molecule has 0 atom stereocenters. The summed E-state index contributed by atoms with van der Waals surface area (Å²) < 4.78 is 5.39. The van der Waals surface area contributed by atoms with Crippen molar-refractivity contribution in [3.63, 3.8) is 0 Å². The summed E-state index contributed by atoms with van der Waals surface area (Å²) in [5, 5.41) is 14.8. The van der Waals surface area contributed by atoms with Crippen molar-refractivity contribution in [3.8, 4) is 11.8 Å². The van der Waals surface area contributed by atoms with E-state index in [2.05, 4.69) is 26.7 Å². The van der Waals surface area contributed by atoms with Crippen molar-refractivity contribution in [2.75, 3.05) is 17.2 Å². The summed E-state index contributed by atoms with van der Waals surface area (Å²) in [6.45, 7) is 4.28. The zero-order chi connectivity index (χ0) is 19.9. The molecule has 2 aromatic carbocycles. The lowest BCUT2D eigenvalue weighted by atomic mass is 10.2. The van der Waals surface area contributed by atoms with Crippen LogP contribution in [-0.4, -0.2) is 22.5 Å². The molecule has 1 heterocycles. The first-order valence-electron chi connectivity index (χ1n) is 8.74. The molecule has 7 nitrogen and oxygen atoms in total. The number of anilines is 3. The van der Waals surface area contributed by atoms with Crippen LogP contribution in [0.1, 0.15) is 28.7 Å². The van der Waals surface area contributed by atoms with Gasteiger partial charge in [0.15, 0.2) is 0 Å². The smallest absolute Gasteiger partial charge is 0.274 e. The summed E-state index contributed by atoms with van der Waals surface area (Å²) in [5.74, 6) is 0.680. The Bertz CT molecular complexity index is 1030. The minimum Gasteiger partial charge on any atom is -0.494 e. The number of aryl methyl sites for hydroxylation is 1. The van der Waals surface area contributed by atoms with Crippen molar-refractivity contribution in [2.24, 2.45) is 0 Å². The van der Waals surface area contributed by atoms with Crippen LogP contribution < -0.4 is 15.4 Å². The Morgan fingerprint density at radius 2 is 1.89 bits per heavy atom. The largest absolute Gasteiger partial charge is 0.494 e. The van der Waals surface area contributed by atoms with E-state index in [-0.39, 0.29) is 17.5 Å². The van der Waals surface area contributed by atoms with Gasteiger partial charge in [0.1, 0.15) is 11.4 Å². The van der Waals surface area contributed by atoms with E-state index in [0.29, 0.717) is 29.2 Å². The number of nitrogens with one attached hydrogen (secondary N) is 2. The summed E-state index contributed by atoms with van der Waals surface area (Å²) >= 11 is 0. The summed E-state index contributed by atoms with van der Waals surface area (Å²) in [6, 6.07) is 17.8. The maximum absolute atomic E-state index is 12.6. The highest BCUT2D eigenvalue weighted by Gasteiger charge is 2.11. The first-order chi connectivity index (χ1) is 13.6. The van der Waals surface area contributed by atoms with Crippen LogP contribution in [0.2, 0.25) is 0 Å². The lowest BCUT2D eigenvalue weighted by molar-refractivity contribution is 0.102. The normalized spacial score (nSPS) is 10.0. The van der Waals surface area contributed by atoms with E-state index in [1.54, 1.807) is 61.5 Å². The number of amides is 1. The predicted octanol–water partition coefficient (Wildman–Crippen LogP) is 4.05. The van der Waals surface area contributed by atoms with Crippen LogP contribution >= 0.6 is 0 Å². The zero-order valence-electron chi connectivity index (χ0n) is 15.6. The Kier molecular flexibility index (Phi) is 5.82. The first-order valence-corrected chi connectivity index (χ1v) is 8.74. The fraction of sp³-hybridized carbons (Fsp3) is 0.143. The van der Waals surface area contributed by atoms with Gasteiger partial charge in [0.25, 0.3) is 5.91 Å². The Labute approximate surface area is 163 Å². The summed E-state index contributed by atoms with van der Waals surface area (Å²) in [6.07, 6.45) is 0. The number of nitriles is 1. The molecule has 28 heavy (non-hydrogen) atoms. The van der Waals surface area contributed by atoms with E-state index in [9.17, 15) is 4.79 Å². The van der Waals surface area contributed by atoms with Crippen molar-refractivity contribution < 1.29 is 9.53 Å². The van der Waals surface area contributed by atoms with Crippen molar-refractivity contribution in [1.29, 1.82) is 5.26 Å². The van der Waals surface area contributed by atoms with Crippen LogP contribution in [0.4, 0.5) is 17.3 Å². The third-order valence-corrected chi connectivity index (χ3v) is 3.76. The van der Waals surface area contributed by atoms with Gasteiger partial charge in [0, 0.05) is 17.1 Å². The third-order valence-electron chi connectivity index (χ3n) is 3.76. The molecule has 2 N–H and O–H groups in total. The number of carbonyl (C=O) groups excluding carboxylic acids is 1. The topological polar surface area (TPSA) is 99.9 Å². The highest BCUT2D eigenvalue weighted by molar-refractivity contribution is 6.03. The molecule has 0 aliphatic rings. The summed E-state index contributed by atoms with van der Waals surface area (Å²) in [5.41, 5.74) is 2.71. The molecule has 0 bridgehead atoms. The molecule has 140 valence electrons. The number of ether oxygens (including phenoxy) is 1. The standard InChI is InChI=1S/C21H19N5O2/c1-3-28-18-9-7-16(8-10-18)24-20(27)19-11-14(2)23-21(26-19)25-17-6-4-5-15(12-17)13-22/h4-12H,3H2,1-2H3,(H,24,27)(H,23,25,26). The molecule has 0 saturated carbocycles. The number of hydrogen-bond acceptors (Lipinski definition) is 6. The number of rotatable bonds is 6. The van der Waals surface area contributed by atoms with Gasteiger partial charge in [-0.05, 0) is 62.4 Å². The van der Waals surface area contributed by atoms with Crippen molar-refractivity contribution in [1.82, 2.24) is 9.97 Å². The highest BCUT2D eigenvalue weighted by Crippen LogP contribution is 2.18. The average Bonchev–Trinajstić information content (AvgIpc) is 2.69. The molecule has 3 rings (SSSR count). The summed E-state index contributed by atoms with van der Waals surface area (Å²) in [4.78, 5) is 21.2. The summed E-state index contributed by atoms with van der Waals surface area (Å²) in [7, 11) is 0. The molecule has 1 amide bonds. The number of hydrogen-bond donors (Lipinski definition) is 2. The molecule has 3 aromatic rings. The van der Waals surface area contributed by atoms with Crippen LogP contribution in [0, 0.1) is 18.3 Å². The van der Waals surface area contributed by atoms with Gasteiger partial charge in [-0.25, -0.2) is 9.97 Å². The van der Waals surface area contributed by atoms with E-state index in [1.165, 1.54) is 0 Å². The van der Waals surface area contributed by atoms with Gasteiger partial charge in [-0.1, -0.05) is 6.07 Å². The maximum atomic E-state index is 12.6. The second kappa shape index (κ2) is 8.64. The average molecular weight is 373 g/mol. The fourth-order valence-corrected chi connectivity index (χ4v) is 2.53. The van der Waals surface area contributed by atoms with E-state index < -0.39 is 0 Å². The Hall–Kier alpha value is -3.92. The third kappa shape index (κ3) is 4.83. The van der Waals surface area contributed by atoms with Gasteiger partial charge in [0.05, 0.1) is 18.2 Å². The fourth-order valence-electron chi connectivity index (χ4n) is 2.53. The Morgan fingerprint density at radius 3 is 2.61 bits per heavy atom. The molecule has 0 unspecified atom stereocenters.